The topological polar surface area (TPSA) is 3.24 Å². The van der Waals surface area contributed by atoms with Crippen molar-refractivity contribution in [1.82, 2.24) is 0 Å². The van der Waals surface area contributed by atoms with Crippen LogP contribution in [0.4, 0.5) is 17.1 Å². The van der Waals surface area contributed by atoms with Gasteiger partial charge >= 0.3 is 0 Å². The number of hydrogen-bond acceptors (Lipinski definition) is 2. The predicted molar refractivity (Wildman–Crippen MR) is 314 cm³/mol. The summed E-state index contributed by atoms with van der Waals surface area (Å²) in [6.45, 7) is 2.36. The van der Waals surface area contributed by atoms with Crippen molar-refractivity contribution in [2.45, 2.75) is 18.3 Å². The Morgan fingerprint density at radius 3 is 1.66 bits per heavy atom. The third-order valence-corrected chi connectivity index (χ3v) is 17.1. The smallest absolute Gasteiger partial charge is 0.0713 e. The molecule has 2 aliphatic carbocycles. The molecule has 0 saturated carbocycles. The average molecular weight is 962 g/mol. The van der Waals surface area contributed by atoms with Crippen LogP contribution in [0.15, 0.2) is 273 Å². The number of hydrogen-bond donors (Lipinski definition) is 0. The molecule has 11 aromatic carbocycles. The van der Waals surface area contributed by atoms with E-state index in [1.165, 1.54) is 104 Å². The monoisotopic (exact) mass is 961 g/mol. The van der Waals surface area contributed by atoms with Crippen molar-refractivity contribution in [3.63, 3.8) is 0 Å². The van der Waals surface area contributed by atoms with Crippen LogP contribution >= 0.6 is 11.3 Å². The van der Waals surface area contributed by atoms with E-state index in [-0.39, 0.29) is 5.92 Å². The Morgan fingerprint density at radius 1 is 0.405 bits per heavy atom. The van der Waals surface area contributed by atoms with Crippen LogP contribution in [-0.4, -0.2) is 0 Å². The van der Waals surface area contributed by atoms with Crippen LogP contribution in [0, 0.1) is 5.92 Å². The van der Waals surface area contributed by atoms with Crippen molar-refractivity contribution < 1.29 is 0 Å². The zero-order valence-corrected chi connectivity index (χ0v) is 41.9. The number of allylic oxidation sites excluding steroid dienone is 1. The minimum atomic E-state index is -0.477. The van der Waals surface area contributed by atoms with Crippen molar-refractivity contribution in [1.29, 1.82) is 0 Å². The van der Waals surface area contributed by atoms with Gasteiger partial charge in [-0.3, -0.25) is 0 Å². The van der Waals surface area contributed by atoms with E-state index in [1.54, 1.807) is 0 Å². The summed E-state index contributed by atoms with van der Waals surface area (Å²) in [5, 5.41) is 2.59. The summed E-state index contributed by atoms with van der Waals surface area (Å²) in [5.41, 5.74) is 21.9. The van der Waals surface area contributed by atoms with Gasteiger partial charge in [-0.2, -0.15) is 0 Å². The summed E-state index contributed by atoms with van der Waals surface area (Å²) in [6.07, 6.45) is 4.73. The molecule has 0 amide bonds. The number of fused-ring (bicyclic) bond motifs is 7. The quantitative estimate of drug-likeness (QED) is 0.139. The molecular formula is C72H51NS. The Morgan fingerprint density at radius 2 is 0.932 bits per heavy atom. The van der Waals surface area contributed by atoms with Gasteiger partial charge in [0.05, 0.1) is 16.8 Å². The van der Waals surface area contributed by atoms with E-state index in [0.29, 0.717) is 5.92 Å². The van der Waals surface area contributed by atoms with Crippen LogP contribution in [0.1, 0.15) is 51.8 Å². The summed E-state index contributed by atoms with van der Waals surface area (Å²) < 4.78 is 2.60. The second-order valence-electron chi connectivity index (χ2n) is 19.9. The van der Waals surface area contributed by atoms with E-state index < -0.39 is 5.41 Å². The first-order valence-electron chi connectivity index (χ1n) is 25.9. The number of anilines is 3. The number of benzene rings is 11. The maximum atomic E-state index is 2.53. The van der Waals surface area contributed by atoms with Crippen LogP contribution in [0.2, 0.25) is 0 Å². The summed E-state index contributed by atoms with van der Waals surface area (Å²) in [4.78, 5) is 2.53. The fourth-order valence-corrected chi connectivity index (χ4v) is 14.0. The first kappa shape index (κ1) is 43.9. The molecule has 74 heavy (non-hydrogen) atoms. The van der Waals surface area contributed by atoms with Gasteiger partial charge in [-0.05, 0) is 103 Å². The molecule has 1 nitrogen and oxygen atoms in total. The lowest BCUT2D eigenvalue weighted by Gasteiger charge is -2.34. The Hall–Kier alpha value is -8.82. The molecule has 350 valence electrons. The summed E-state index contributed by atoms with van der Waals surface area (Å²) >= 11 is 1.89. The van der Waals surface area contributed by atoms with Crippen LogP contribution < -0.4 is 4.90 Å². The maximum absolute atomic E-state index is 2.53. The van der Waals surface area contributed by atoms with E-state index in [0.717, 1.165) is 17.1 Å². The molecule has 0 radical (unpaired) electrons. The molecule has 2 atom stereocenters. The maximum Gasteiger partial charge on any atom is 0.0713 e. The molecule has 2 unspecified atom stereocenters. The highest BCUT2D eigenvalue weighted by Gasteiger charge is 2.46. The van der Waals surface area contributed by atoms with E-state index in [1.807, 2.05) is 11.3 Å². The van der Waals surface area contributed by atoms with Gasteiger partial charge in [0.2, 0.25) is 0 Å². The third-order valence-electron chi connectivity index (χ3n) is 15.9. The third kappa shape index (κ3) is 6.90. The molecule has 0 spiro atoms. The standard InChI is InChI=1S/C72H51NS/c1-48-42-43-51-24-19-34-59(69(51)68(48)50-22-5-2-6-23-50)56-29-12-16-39-65(56)73(66-40-17-13-30-57(66)60-35-20-36-61-58-31-14-18-41-67(58)74-71(60)61)54-46-44-49(45-47-54)55-33-21-38-64-70(55)62-32-11-15-37-63(62)72(64,52-25-7-3-8-26-52)53-27-9-4-10-28-53/h2-48,68H,1H3. The van der Waals surface area contributed by atoms with Crippen molar-refractivity contribution in [2.24, 2.45) is 5.92 Å². The summed E-state index contributed by atoms with van der Waals surface area (Å²) in [7, 11) is 0. The van der Waals surface area contributed by atoms with Crippen molar-refractivity contribution in [2.75, 3.05) is 4.90 Å². The van der Waals surface area contributed by atoms with Gasteiger partial charge in [0, 0.05) is 48.5 Å². The van der Waals surface area contributed by atoms with Crippen molar-refractivity contribution >= 4 is 54.6 Å². The molecule has 1 heterocycles. The highest BCUT2D eigenvalue weighted by atomic mass is 32.1. The highest BCUT2D eigenvalue weighted by Crippen LogP contribution is 2.59. The molecule has 0 saturated heterocycles. The van der Waals surface area contributed by atoms with Crippen LogP contribution in [0.3, 0.4) is 0 Å². The average Bonchev–Trinajstić information content (AvgIpc) is 4.01. The van der Waals surface area contributed by atoms with Gasteiger partial charge in [-0.25, -0.2) is 0 Å². The Kier molecular flexibility index (Phi) is 10.7. The summed E-state index contributed by atoms with van der Waals surface area (Å²) in [6, 6.07) is 99.3. The van der Waals surface area contributed by atoms with Gasteiger partial charge in [0.25, 0.3) is 0 Å². The van der Waals surface area contributed by atoms with Gasteiger partial charge in [0.1, 0.15) is 0 Å². The summed E-state index contributed by atoms with van der Waals surface area (Å²) in [5.74, 6) is 0.521. The second kappa shape index (κ2) is 18.0. The first-order valence-corrected chi connectivity index (χ1v) is 26.7. The molecule has 12 aromatic rings. The fourth-order valence-electron chi connectivity index (χ4n) is 12.8. The second-order valence-corrected chi connectivity index (χ2v) is 20.9. The number of para-hydroxylation sites is 2. The number of thiophene rings is 1. The molecule has 0 N–H and O–H groups in total. The van der Waals surface area contributed by atoms with Gasteiger partial charge in [0.15, 0.2) is 0 Å². The highest BCUT2D eigenvalue weighted by molar-refractivity contribution is 7.26. The lowest BCUT2D eigenvalue weighted by Crippen LogP contribution is -2.28. The molecule has 2 heteroatoms. The van der Waals surface area contributed by atoms with Crippen molar-refractivity contribution in [3.8, 4) is 44.5 Å². The van der Waals surface area contributed by atoms with Crippen LogP contribution in [0.25, 0.3) is 70.8 Å². The minimum absolute atomic E-state index is 0.200. The van der Waals surface area contributed by atoms with E-state index >= 15 is 0 Å². The van der Waals surface area contributed by atoms with Gasteiger partial charge in [-0.15, -0.1) is 11.3 Å². The predicted octanol–water partition coefficient (Wildman–Crippen LogP) is 19.7. The van der Waals surface area contributed by atoms with Gasteiger partial charge in [-0.1, -0.05) is 256 Å². The van der Waals surface area contributed by atoms with E-state index in [2.05, 4.69) is 291 Å². The lowest BCUT2D eigenvalue weighted by atomic mass is 9.67. The number of rotatable bonds is 9. The Labute approximate surface area is 437 Å². The molecule has 0 bridgehead atoms. The van der Waals surface area contributed by atoms with Crippen molar-refractivity contribution in [3.05, 3.63) is 312 Å². The van der Waals surface area contributed by atoms with E-state index in [9.17, 15) is 0 Å². The molecular weight excluding hydrogens is 911 g/mol. The Bertz CT molecular complexity index is 4050. The first-order chi connectivity index (χ1) is 36.7. The van der Waals surface area contributed by atoms with Gasteiger partial charge < -0.3 is 4.90 Å². The zero-order valence-electron chi connectivity index (χ0n) is 41.1. The largest absolute Gasteiger partial charge is 0.309 e. The normalized spacial score (nSPS) is 15.1. The molecule has 14 rings (SSSR count). The lowest BCUT2D eigenvalue weighted by molar-refractivity contribution is 0.620. The fraction of sp³-hybridized carbons (Fsp3) is 0.0556. The molecule has 0 fully saturated rings. The van der Waals surface area contributed by atoms with Crippen LogP contribution in [-0.2, 0) is 5.41 Å². The zero-order chi connectivity index (χ0) is 49.2. The van der Waals surface area contributed by atoms with E-state index in [4.69, 9.17) is 0 Å². The molecule has 1 aromatic heterocycles. The molecule has 2 aliphatic rings. The molecule has 0 aliphatic heterocycles. The number of nitrogens with zero attached hydrogens (tertiary/aromatic N) is 1. The minimum Gasteiger partial charge on any atom is -0.309 e. The SMILES string of the molecule is CC1C=Cc2cccc(-c3ccccc3N(c3ccc(-c4cccc5c4-c4ccccc4C5(c4ccccc4)c4ccccc4)cc3)c3ccccc3-c3cccc4c3sc3ccccc34)c2C1c1ccccc1. The Balaban J connectivity index is 0.981. The van der Waals surface area contributed by atoms with Crippen LogP contribution in [0.5, 0.6) is 0 Å².